The van der Waals surface area contributed by atoms with Gasteiger partial charge in [0.05, 0.1) is 12.8 Å². The van der Waals surface area contributed by atoms with Crippen LogP contribution in [-0.2, 0) is 14.8 Å². The molecule has 0 aliphatic rings. The minimum absolute atomic E-state index is 0.149. The van der Waals surface area contributed by atoms with E-state index in [0.717, 1.165) is 26.4 Å². The number of nitrogens with zero attached hydrogens (tertiary/aromatic N) is 1. The molecule has 0 spiro atoms. The first-order valence-electron chi connectivity index (χ1n) is 9.47. The van der Waals surface area contributed by atoms with E-state index in [2.05, 4.69) is 5.32 Å². The van der Waals surface area contributed by atoms with Gasteiger partial charge in [-0.3, -0.25) is 9.10 Å². The van der Waals surface area contributed by atoms with Gasteiger partial charge in [-0.2, -0.15) is 0 Å². The Bertz CT molecular complexity index is 1310. The number of hydrogen-bond donors (Lipinski definition) is 1. The number of rotatable bonds is 7. The normalized spacial score (nSPS) is 11.3. The van der Waals surface area contributed by atoms with Gasteiger partial charge in [0.15, 0.2) is 0 Å². The quantitative estimate of drug-likeness (QED) is 0.439. The van der Waals surface area contributed by atoms with Gasteiger partial charge in [0.1, 0.15) is 16.5 Å². The predicted molar refractivity (Wildman–Crippen MR) is 124 cm³/mol. The van der Waals surface area contributed by atoms with Crippen LogP contribution in [0.3, 0.4) is 0 Å². The maximum Gasteiger partial charge on any atom is 0.274 e. The molecule has 3 aromatic carbocycles. The van der Waals surface area contributed by atoms with E-state index in [9.17, 15) is 13.2 Å². The summed E-state index contributed by atoms with van der Waals surface area (Å²) >= 11 is 1.10. The number of benzene rings is 3. The summed E-state index contributed by atoms with van der Waals surface area (Å²) < 4.78 is 33.3. The molecular weight excluding hydrogens is 432 g/mol. The fraction of sp³-hybridized carbons (Fsp3) is 0.0870. The summed E-state index contributed by atoms with van der Waals surface area (Å²) in [5, 5.41) is 6.40. The number of fused-ring (bicyclic) bond motifs is 1. The van der Waals surface area contributed by atoms with Crippen molar-refractivity contribution < 1.29 is 17.9 Å². The van der Waals surface area contributed by atoms with Crippen molar-refractivity contribution in [2.75, 3.05) is 23.3 Å². The van der Waals surface area contributed by atoms with Crippen LogP contribution >= 0.6 is 11.3 Å². The number of carbonyl (C=O) groups is 1. The van der Waals surface area contributed by atoms with Gasteiger partial charge in [0.25, 0.3) is 10.0 Å². The molecule has 0 unspecified atom stereocenters. The molecule has 1 amide bonds. The molecular formula is C23H20N2O4S2. The first-order valence-corrected chi connectivity index (χ1v) is 11.8. The highest BCUT2D eigenvalue weighted by atomic mass is 32.2. The molecule has 0 saturated carbocycles. The summed E-state index contributed by atoms with van der Waals surface area (Å²) in [6.45, 7) is -0.399. The van der Waals surface area contributed by atoms with Crippen molar-refractivity contribution in [3.8, 4) is 5.75 Å². The molecule has 4 aromatic rings. The Morgan fingerprint density at radius 2 is 1.71 bits per heavy atom. The standard InChI is InChI=1S/C23H20N2O4S2/c1-29-21-13-5-4-12-20(21)25(31(27,28)23-14-7-15-30-23)16-22(26)24-19-11-6-9-17-8-2-3-10-18(17)19/h2-15H,16H2,1H3,(H,24,26). The summed E-state index contributed by atoms with van der Waals surface area (Å²) in [5.41, 5.74) is 0.920. The zero-order chi connectivity index (χ0) is 21.8. The van der Waals surface area contributed by atoms with Gasteiger partial charge in [0.2, 0.25) is 5.91 Å². The van der Waals surface area contributed by atoms with E-state index < -0.39 is 22.5 Å². The van der Waals surface area contributed by atoms with Crippen molar-refractivity contribution >= 4 is 49.4 Å². The predicted octanol–water partition coefficient (Wildman–Crippen LogP) is 4.74. The van der Waals surface area contributed by atoms with E-state index >= 15 is 0 Å². The first kappa shape index (κ1) is 20.9. The van der Waals surface area contributed by atoms with Gasteiger partial charge in [-0.05, 0) is 35.0 Å². The number of thiophene rings is 1. The summed E-state index contributed by atoms with van der Waals surface area (Å²) in [7, 11) is -2.50. The molecule has 4 rings (SSSR count). The Kier molecular flexibility index (Phi) is 5.92. The summed E-state index contributed by atoms with van der Waals surface area (Å²) in [4.78, 5) is 13.0. The van der Waals surface area contributed by atoms with Gasteiger partial charge in [-0.1, -0.05) is 54.6 Å². The molecule has 0 saturated heterocycles. The molecule has 1 heterocycles. The number of methoxy groups -OCH3 is 1. The van der Waals surface area contributed by atoms with Gasteiger partial charge >= 0.3 is 0 Å². The van der Waals surface area contributed by atoms with Crippen LogP contribution in [0.25, 0.3) is 10.8 Å². The summed E-state index contributed by atoms with van der Waals surface area (Å²) in [6.07, 6.45) is 0. The third kappa shape index (κ3) is 4.26. The van der Waals surface area contributed by atoms with Crippen LogP contribution in [0.5, 0.6) is 5.75 Å². The van der Waals surface area contributed by atoms with Crippen molar-refractivity contribution in [1.29, 1.82) is 0 Å². The number of hydrogen-bond acceptors (Lipinski definition) is 5. The van der Waals surface area contributed by atoms with Crippen molar-refractivity contribution in [2.24, 2.45) is 0 Å². The van der Waals surface area contributed by atoms with E-state index in [1.165, 1.54) is 13.2 Å². The minimum Gasteiger partial charge on any atom is -0.495 e. The van der Waals surface area contributed by atoms with Crippen LogP contribution in [0.1, 0.15) is 0 Å². The Balaban J connectivity index is 1.70. The summed E-state index contributed by atoms with van der Waals surface area (Å²) in [6, 6.07) is 23.2. The first-order chi connectivity index (χ1) is 15.0. The van der Waals surface area contributed by atoms with Crippen LogP contribution < -0.4 is 14.4 Å². The molecule has 0 fully saturated rings. The van der Waals surface area contributed by atoms with Gasteiger partial charge in [-0.15, -0.1) is 11.3 Å². The molecule has 8 heteroatoms. The second-order valence-corrected chi connectivity index (χ2v) is 9.73. The Morgan fingerprint density at radius 3 is 2.48 bits per heavy atom. The molecule has 6 nitrogen and oxygen atoms in total. The number of ether oxygens (including phenoxy) is 1. The van der Waals surface area contributed by atoms with Crippen molar-refractivity contribution in [1.82, 2.24) is 0 Å². The molecule has 0 atom stereocenters. The lowest BCUT2D eigenvalue weighted by molar-refractivity contribution is -0.114. The number of carbonyl (C=O) groups excluding carboxylic acids is 1. The molecule has 0 bridgehead atoms. The largest absolute Gasteiger partial charge is 0.495 e. The lowest BCUT2D eigenvalue weighted by Crippen LogP contribution is -2.38. The highest BCUT2D eigenvalue weighted by molar-refractivity contribution is 7.94. The topological polar surface area (TPSA) is 75.7 Å². The van der Waals surface area contributed by atoms with E-state index in [1.807, 2.05) is 36.4 Å². The van der Waals surface area contributed by atoms with Gasteiger partial charge in [-0.25, -0.2) is 8.42 Å². The van der Waals surface area contributed by atoms with Crippen LogP contribution in [0.2, 0.25) is 0 Å². The maximum absolute atomic E-state index is 13.4. The lowest BCUT2D eigenvalue weighted by atomic mass is 10.1. The van der Waals surface area contributed by atoms with Crippen LogP contribution in [-0.4, -0.2) is 28.0 Å². The Hall–Kier alpha value is -3.36. The van der Waals surface area contributed by atoms with Crippen molar-refractivity contribution in [2.45, 2.75) is 4.21 Å². The van der Waals surface area contributed by atoms with E-state index in [4.69, 9.17) is 4.74 Å². The van der Waals surface area contributed by atoms with Crippen molar-refractivity contribution in [3.63, 3.8) is 0 Å². The second kappa shape index (κ2) is 8.79. The molecule has 0 radical (unpaired) electrons. The molecule has 158 valence electrons. The molecule has 0 aliphatic carbocycles. The van der Waals surface area contributed by atoms with E-state index in [1.54, 1.807) is 41.8 Å². The van der Waals surface area contributed by atoms with Crippen LogP contribution in [0.15, 0.2) is 88.5 Å². The zero-order valence-electron chi connectivity index (χ0n) is 16.7. The number of amides is 1. The number of nitrogens with one attached hydrogen (secondary N) is 1. The average molecular weight is 453 g/mol. The third-order valence-corrected chi connectivity index (χ3v) is 7.88. The molecule has 31 heavy (non-hydrogen) atoms. The number of anilines is 2. The second-order valence-electron chi connectivity index (χ2n) is 6.69. The molecule has 1 N–H and O–H groups in total. The molecule has 0 aliphatic heterocycles. The summed E-state index contributed by atoms with van der Waals surface area (Å²) in [5.74, 6) is -0.0945. The lowest BCUT2D eigenvalue weighted by Gasteiger charge is -2.25. The average Bonchev–Trinajstić information content (AvgIpc) is 3.34. The van der Waals surface area contributed by atoms with Crippen LogP contribution in [0, 0.1) is 0 Å². The smallest absolute Gasteiger partial charge is 0.274 e. The maximum atomic E-state index is 13.4. The van der Waals surface area contributed by atoms with Crippen molar-refractivity contribution in [3.05, 3.63) is 84.2 Å². The highest BCUT2D eigenvalue weighted by Gasteiger charge is 2.30. The third-order valence-electron chi connectivity index (χ3n) is 4.74. The zero-order valence-corrected chi connectivity index (χ0v) is 18.3. The van der Waals surface area contributed by atoms with E-state index in [-0.39, 0.29) is 4.21 Å². The minimum atomic E-state index is -3.96. The Morgan fingerprint density at radius 1 is 0.968 bits per heavy atom. The fourth-order valence-electron chi connectivity index (χ4n) is 3.31. The molecule has 1 aromatic heterocycles. The van der Waals surface area contributed by atoms with Crippen LogP contribution in [0.4, 0.5) is 11.4 Å². The fourth-order valence-corrected chi connectivity index (χ4v) is 5.85. The number of para-hydroxylation sites is 2. The SMILES string of the molecule is COc1ccccc1N(CC(=O)Nc1cccc2ccccc12)S(=O)(=O)c1cccs1. The monoisotopic (exact) mass is 452 g/mol. The van der Waals surface area contributed by atoms with E-state index in [0.29, 0.717) is 17.1 Å². The number of sulfonamides is 1. The van der Waals surface area contributed by atoms with Gasteiger partial charge < -0.3 is 10.1 Å². The van der Waals surface area contributed by atoms with Gasteiger partial charge in [0, 0.05) is 11.1 Å². The highest BCUT2D eigenvalue weighted by Crippen LogP contribution is 2.33. The Labute approximate surface area is 184 Å².